The van der Waals surface area contributed by atoms with E-state index in [0.717, 1.165) is 12.8 Å². The molecule has 2 N–H and O–H groups in total. The van der Waals surface area contributed by atoms with Crippen molar-refractivity contribution in [1.82, 2.24) is 0 Å². The van der Waals surface area contributed by atoms with Crippen molar-refractivity contribution in [1.29, 1.82) is 0 Å². The lowest BCUT2D eigenvalue weighted by Gasteiger charge is -2.72. The summed E-state index contributed by atoms with van der Waals surface area (Å²) in [5.41, 5.74) is -0.0759. The van der Waals surface area contributed by atoms with Gasteiger partial charge in [0.2, 0.25) is 0 Å². The molecule has 124 valence electrons. The number of carboxylic acids is 1. The second-order valence-electron chi connectivity index (χ2n) is 9.62. The lowest BCUT2D eigenvalue weighted by molar-refractivity contribution is -0.267. The molecule has 0 aromatic heterocycles. The highest BCUT2D eigenvalue weighted by Crippen LogP contribution is 2.75. The van der Waals surface area contributed by atoms with Crippen molar-refractivity contribution >= 4 is 5.97 Å². The van der Waals surface area contributed by atoms with Crippen LogP contribution in [-0.4, -0.2) is 22.3 Å². The van der Waals surface area contributed by atoms with E-state index in [2.05, 4.69) is 13.8 Å². The number of aliphatic carboxylic acids is 1. The van der Waals surface area contributed by atoms with Crippen LogP contribution in [0, 0.1) is 39.9 Å². The van der Waals surface area contributed by atoms with E-state index in [9.17, 15) is 15.0 Å². The fourth-order valence-electron chi connectivity index (χ4n) is 7.27. The summed E-state index contributed by atoms with van der Waals surface area (Å²) in [4.78, 5) is 11.9. The first kappa shape index (κ1) is 15.0. The summed E-state index contributed by atoms with van der Waals surface area (Å²) in [5, 5.41) is 20.8. The number of carboxylic acid groups (broad SMARTS) is 1. The molecule has 0 heterocycles. The van der Waals surface area contributed by atoms with Crippen molar-refractivity contribution in [3.05, 3.63) is 0 Å². The monoisotopic (exact) mass is 306 g/mol. The third-order valence-electron chi connectivity index (χ3n) is 8.72. The van der Waals surface area contributed by atoms with Gasteiger partial charge < -0.3 is 10.2 Å². The number of carbonyl (C=O) groups is 1. The van der Waals surface area contributed by atoms with E-state index >= 15 is 0 Å². The van der Waals surface area contributed by atoms with Crippen LogP contribution < -0.4 is 0 Å². The van der Waals surface area contributed by atoms with Crippen molar-refractivity contribution in [3.63, 3.8) is 0 Å². The Morgan fingerprint density at radius 1 is 1.14 bits per heavy atom. The van der Waals surface area contributed by atoms with Crippen LogP contribution in [0.25, 0.3) is 0 Å². The normalized spacial score (nSPS) is 59.9. The fraction of sp³-hybridized carbons (Fsp3) is 0.947. The molecule has 0 aromatic rings. The maximum absolute atomic E-state index is 11.9. The third kappa shape index (κ3) is 1.59. The molecule has 22 heavy (non-hydrogen) atoms. The van der Waals surface area contributed by atoms with Gasteiger partial charge in [-0.2, -0.15) is 0 Å². The molecule has 5 rings (SSSR count). The van der Waals surface area contributed by atoms with Crippen LogP contribution >= 0.6 is 0 Å². The highest BCUT2D eigenvalue weighted by Gasteiger charge is 2.70. The smallest absolute Gasteiger partial charge is 0.309 e. The van der Waals surface area contributed by atoms with Gasteiger partial charge in [-0.1, -0.05) is 20.3 Å². The minimum Gasteiger partial charge on any atom is -0.481 e. The molecule has 0 amide bonds. The standard InChI is InChI=1S/C19H30O3/c1-11-7-14-12-5-4-6-18(3,16(21)22)13(12)8-15(20)19(14)9-17(11,2)10-19/h11-15,20H,4-10H2,1-3H3,(H,21,22)/t11-,12+,13+,14-,15+,17?,18+,19?/m0/s1. The van der Waals surface area contributed by atoms with Crippen molar-refractivity contribution in [2.75, 3.05) is 0 Å². The first-order valence-corrected chi connectivity index (χ1v) is 9.14. The molecule has 0 unspecified atom stereocenters. The zero-order valence-corrected chi connectivity index (χ0v) is 14.1. The predicted molar refractivity (Wildman–Crippen MR) is 84.2 cm³/mol. The fourth-order valence-corrected chi connectivity index (χ4v) is 7.27. The van der Waals surface area contributed by atoms with Crippen LogP contribution in [0.3, 0.4) is 0 Å². The van der Waals surface area contributed by atoms with Gasteiger partial charge in [-0.15, -0.1) is 0 Å². The van der Waals surface area contributed by atoms with Gasteiger partial charge in [-0.05, 0) is 74.5 Å². The van der Waals surface area contributed by atoms with Crippen molar-refractivity contribution in [2.45, 2.75) is 71.8 Å². The molecule has 5 aliphatic rings. The number of aliphatic hydroxyl groups excluding tert-OH is 1. The largest absolute Gasteiger partial charge is 0.481 e. The summed E-state index contributed by atoms with van der Waals surface area (Å²) < 4.78 is 0. The van der Waals surface area contributed by atoms with E-state index in [0.29, 0.717) is 29.6 Å². The van der Waals surface area contributed by atoms with Gasteiger partial charge in [-0.25, -0.2) is 0 Å². The Bertz CT molecular complexity index is 507. The number of hydrogen-bond donors (Lipinski definition) is 2. The molecule has 5 saturated carbocycles. The summed E-state index contributed by atoms with van der Waals surface area (Å²) in [6.45, 7) is 6.70. The van der Waals surface area contributed by atoms with Gasteiger partial charge in [0, 0.05) is 5.41 Å². The molecular formula is C19H30O3. The molecule has 0 radical (unpaired) electrons. The summed E-state index contributed by atoms with van der Waals surface area (Å²) in [6.07, 6.45) is 6.97. The third-order valence-corrected chi connectivity index (χ3v) is 8.72. The molecule has 6 atom stereocenters. The van der Waals surface area contributed by atoms with Crippen LogP contribution in [0.5, 0.6) is 0 Å². The molecule has 3 nitrogen and oxygen atoms in total. The van der Waals surface area contributed by atoms with Gasteiger partial charge in [0.15, 0.2) is 0 Å². The quantitative estimate of drug-likeness (QED) is 0.776. The Morgan fingerprint density at radius 2 is 1.82 bits per heavy atom. The summed E-state index contributed by atoms with van der Waals surface area (Å²) in [6, 6.07) is 0. The van der Waals surface area contributed by atoms with Crippen molar-refractivity contribution in [2.24, 2.45) is 39.9 Å². The van der Waals surface area contributed by atoms with Gasteiger partial charge in [0.1, 0.15) is 0 Å². The second kappa shape index (κ2) is 4.28. The van der Waals surface area contributed by atoms with E-state index in [-0.39, 0.29) is 17.4 Å². The second-order valence-corrected chi connectivity index (χ2v) is 9.62. The first-order valence-electron chi connectivity index (χ1n) is 9.14. The SMILES string of the molecule is C[C@H]1C[C@H]2[C@@H]3CCC[C@@](C)(C(=O)O)[C@@H]3C[C@@H](O)C23CC1(C)C3. The number of fused-ring (bicyclic) bond motifs is 2. The molecule has 0 aromatic carbocycles. The van der Waals surface area contributed by atoms with Crippen LogP contribution in [0.4, 0.5) is 0 Å². The summed E-state index contributed by atoms with van der Waals surface area (Å²) in [7, 11) is 0. The molecular weight excluding hydrogens is 276 g/mol. The minimum absolute atomic E-state index is 0.124. The topological polar surface area (TPSA) is 57.5 Å². The number of hydrogen-bond acceptors (Lipinski definition) is 2. The van der Waals surface area contributed by atoms with Gasteiger partial charge in [-0.3, -0.25) is 4.79 Å². The van der Waals surface area contributed by atoms with E-state index in [4.69, 9.17) is 0 Å². The Labute approximate surface area is 133 Å². The van der Waals surface area contributed by atoms with Crippen LogP contribution in [-0.2, 0) is 4.79 Å². The zero-order chi connectivity index (χ0) is 15.9. The van der Waals surface area contributed by atoms with Crippen molar-refractivity contribution < 1.29 is 15.0 Å². The lowest BCUT2D eigenvalue weighted by atomic mass is 9.32. The molecule has 2 bridgehead atoms. The number of rotatable bonds is 1. The van der Waals surface area contributed by atoms with Crippen LogP contribution in [0.2, 0.25) is 0 Å². The Kier molecular flexibility index (Phi) is 2.92. The minimum atomic E-state index is -0.646. The van der Waals surface area contributed by atoms with E-state index in [1.54, 1.807) is 0 Å². The number of aliphatic hydroxyl groups is 1. The zero-order valence-electron chi connectivity index (χ0n) is 14.1. The molecule has 5 aliphatic carbocycles. The Morgan fingerprint density at radius 3 is 2.45 bits per heavy atom. The van der Waals surface area contributed by atoms with Crippen LogP contribution in [0.1, 0.15) is 65.7 Å². The lowest BCUT2D eigenvalue weighted by Crippen LogP contribution is -2.68. The molecule has 1 spiro atoms. The average molecular weight is 306 g/mol. The Hall–Kier alpha value is -0.570. The average Bonchev–Trinajstić information content (AvgIpc) is 2.41. The summed E-state index contributed by atoms with van der Waals surface area (Å²) >= 11 is 0. The maximum Gasteiger partial charge on any atom is 0.309 e. The van der Waals surface area contributed by atoms with E-state index in [1.165, 1.54) is 25.7 Å². The molecule has 0 aliphatic heterocycles. The van der Waals surface area contributed by atoms with Gasteiger partial charge >= 0.3 is 5.97 Å². The highest BCUT2D eigenvalue weighted by molar-refractivity contribution is 5.74. The predicted octanol–water partition coefficient (Wildman–Crippen LogP) is 3.70. The van der Waals surface area contributed by atoms with Gasteiger partial charge in [0.05, 0.1) is 11.5 Å². The highest BCUT2D eigenvalue weighted by atomic mass is 16.4. The van der Waals surface area contributed by atoms with E-state index < -0.39 is 11.4 Å². The molecule has 3 heteroatoms. The molecule has 0 saturated heterocycles. The van der Waals surface area contributed by atoms with Crippen LogP contribution in [0.15, 0.2) is 0 Å². The van der Waals surface area contributed by atoms with Gasteiger partial charge in [0.25, 0.3) is 0 Å². The van der Waals surface area contributed by atoms with Crippen molar-refractivity contribution in [3.8, 4) is 0 Å². The molecule has 5 fully saturated rings. The maximum atomic E-state index is 11.9. The summed E-state index contributed by atoms with van der Waals surface area (Å²) in [5.74, 6) is 1.31. The van der Waals surface area contributed by atoms with E-state index in [1.807, 2.05) is 6.92 Å². The first-order chi connectivity index (χ1) is 10.2. The Balaban J connectivity index is 1.71.